The molecule has 0 N–H and O–H groups in total. The molecule has 2 bridgehead atoms. The van der Waals surface area contributed by atoms with Gasteiger partial charge in [-0.25, -0.2) is 4.98 Å². The Hall–Kier alpha value is -1.07. The highest BCUT2D eigenvalue weighted by atomic mass is 35.5. The molecule has 2 saturated heterocycles. The fourth-order valence-electron chi connectivity index (χ4n) is 3.67. The van der Waals surface area contributed by atoms with Crippen molar-refractivity contribution in [1.29, 1.82) is 0 Å². The summed E-state index contributed by atoms with van der Waals surface area (Å²) in [5.41, 5.74) is 3.02. The zero-order valence-corrected chi connectivity index (χ0v) is 11.9. The van der Waals surface area contributed by atoms with Gasteiger partial charge in [-0.3, -0.25) is 4.68 Å². The number of fused-ring (bicyclic) bond motifs is 3. The number of hydrogen-bond donors (Lipinski definition) is 0. The van der Waals surface area contributed by atoms with Crippen LogP contribution in [0.3, 0.4) is 0 Å². The number of nitrogens with zero attached hydrogens (tertiary/aromatic N) is 4. The molecule has 6 heteroatoms. The summed E-state index contributed by atoms with van der Waals surface area (Å²) in [6, 6.07) is 0.368. The fraction of sp³-hybridized carbons (Fsp3) is 0.692. The summed E-state index contributed by atoms with van der Waals surface area (Å²) in [5, 5.41) is 4.47. The minimum Gasteiger partial charge on any atom is -0.373 e. The fourth-order valence-corrected chi connectivity index (χ4v) is 3.85. The Morgan fingerprint density at radius 2 is 2.26 bits per heavy atom. The Morgan fingerprint density at radius 1 is 1.42 bits per heavy atom. The molecule has 0 aromatic carbocycles. The lowest BCUT2D eigenvalue weighted by Crippen LogP contribution is -2.23. The molecule has 2 aromatic rings. The molecule has 4 rings (SSSR count). The summed E-state index contributed by atoms with van der Waals surface area (Å²) in [5.74, 6) is 1.37. The standard InChI is InChI=1S/C13H17ClN4O/c1-7-12-13(17(2)16-7)18(11(6-14)15-12)9-5-8-3-4-10(9)19-8/h8-10H,3-6H2,1-2H3. The van der Waals surface area contributed by atoms with Crippen LogP contribution in [0.5, 0.6) is 0 Å². The Kier molecular flexibility index (Phi) is 2.45. The molecule has 5 nitrogen and oxygen atoms in total. The van der Waals surface area contributed by atoms with Crippen LogP contribution in [0.2, 0.25) is 0 Å². The van der Waals surface area contributed by atoms with Crippen molar-refractivity contribution >= 4 is 22.8 Å². The van der Waals surface area contributed by atoms with Crippen LogP contribution < -0.4 is 0 Å². The van der Waals surface area contributed by atoms with E-state index in [-0.39, 0.29) is 0 Å². The van der Waals surface area contributed by atoms with E-state index in [1.807, 2.05) is 18.7 Å². The van der Waals surface area contributed by atoms with E-state index in [2.05, 4.69) is 14.6 Å². The number of alkyl halides is 1. The molecule has 2 aliphatic heterocycles. The number of ether oxygens (including phenoxy) is 1. The highest BCUT2D eigenvalue weighted by molar-refractivity contribution is 6.16. The van der Waals surface area contributed by atoms with Gasteiger partial charge in [0.15, 0.2) is 5.65 Å². The first kappa shape index (κ1) is 11.7. The third kappa shape index (κ3) is 1.51. The van der Waals surface area contributed by atoms with Crippen LogP contribution in [-0.4, -0.2) is 31.5 Å². The Labute approximate surface area is 116 Å². The molecule has 102 valence electrons. The second-order valence-corrected chi connectivity index (χ2v) is 5.86. The van der Waals surface area contributed by atoms with Gasteiger partial charge in [0.25, 0.3) is 0 Å². The van der Waals surface area contributed by atoms with E-state index in [1.165, 1.54) is 6.42 Å². The summed E-state index contributed by atoms with van der Waals surface area (Å²) in [6.45, 7) is 2.00. The van der Waals surface area contributed by atoms with Gasteiger partial charge < -0.3 is 9.30 Å². The lowest BCUT2D eigenvalue weighted by Gasteiger charge is -2.22. The van der Waals surface area contributed by atoms with Crippen molar-refractivity contribution in [3.63, 3.8) is 0 Å². The van der Waals surface area contributed by atoms with E-state index in [0.29, 0.717) is 24.1 Å². The van der Waals surface area contributed by atoms with Crippen LogP contribution in [0, 0.1) is 6.92 Å². The molecule has 0 saturated carbocycles. The molecule has 0 spiro atoms. The molecule has 19 heavy (non-hydrogen) atoms. The first-order valence-electron chi connectivity index (χ1n) is 6.81. The van der Waals surface area contributed by atoms with E-state index in [4.69, 9.17) is 16.3 Å². The molecule has 0 aliphatic carbocycles. The number of aryl methyl sites for hydroxylation is 2. The largest absolute Gasteiger partial charge is 0.373 e. The normalized spacial score (nSPS) is 29.7. The predicted octanol–water partition coefficient (Wildman–Crippen LogP) is 2.31. The summed E-state index contributed by atoms with van der Waals surface area (Å²) >= 11 is 6.09. The Balaban J connectivity index is 1.92. The second kappa shape index (κ2) is 3.96. The summed E-state index contributed by atoms with van der Waals surface area (Å²) in [7, 11) is 1.97. The third-order valence-corrected chi connectivity index (χ3v) is 4.67. The minimum atomic E-state index is 0.319. The molecule has 0 amide bonds. The van der Waals surface area contributed by atoms with Crippen LogP contribution in [0.1, 0.15) is 36.8 Å². The Morgan fingerprint density at radius 3 is 2.89 bits per heavy atom. The van der Waals surface area contributed by atoms with Gasteiger partial charge >= 0.3 is 0 Å². The molecule has 3 unspecified atom stereocenters. The molecule has 2 fully saturated rings. The molecular formula is C13H17ClN4O. The van der Waals surface area contributed by atoms with E-state index in [9.17, 15) is 0 Å². The molecule has 4 heterocycles. The van der Waals surface area contributed by atoms with Gasteiger partial charge in [-0.1, -0.05) is 0 Å². The predicted molar refractivity (Wildman–Crippen MR) is 72.3 cm³/mol. The maximum atomic E-state index is 6.09. The van der Waals surface area contributed by atoms with Crippen molar-refractivity contribution < 1.29 is 4.74 Å². The van der Waals surface area contributed by atoms with Gasteiger partial charge in [0.05, 0.1) is 29.8 Å². The molecule has 0 radical (unpaired) electrons. The van der Waals surface area contributed by atoms with E-state index < -0.39 is 0 Å². The van der Waals surface area contributed by atoms with Crippen LogP contribution >= 0.6 is 11.6 Å². The zero-order chi connectivity index (χ0) is 13.1. The van der Waals surface area contributed by atoms with Gasteiger partial charge in [-0.05, 0) is 26.2 Å². The van der Waals surface area contributed by atoms with Crippen molar-refractivity contribution in [2.45, 2.75) is 50.3 Å². The van der Waals surface area contributed by atoms with Gasteiger partial charge in [0.2, 0.25) is 0 Å². The monoisotopic (exact) mass is 280 g/mol. The van der Waals surface area contributed by atoms with Crippen molar-refractivity contribution in [3.8, 4) is 0 Å². The first-order chi connectivity index (χ1) is 9.19. The number of halogens is 1. The van der Waals surface area contributed by atoms with Crippen LogP contribution in [0.25, 0.3) is 11.2 Å². The number of imidazole rings is 1. The van der Waals surface area contributed by atoms with Crippen molar-refractivity contribution in [3.05, 3.63) is 11.5 Å². The smallest absolute Gasteiger partial charge is 0.159 e. The van der Waals surface area contributed by atoms with Crippen molar-refractivity contribution in [1.82, 2.24) is 19.3 Å². The van der Waals surface area contributed by atoms with Crippen molar-refractivity contribution in [2.75, 3.05) is 0 Å². The van der Waals surface area contributed by atoms with Crippen LogP contribution in [-0.2, 0) is 17.7 Å². The molecule has 2 aliphatic rings. The summed E-state index contributed by atoms with van der Waals surface area (Å²) in [4.78, 5) is 4.67. The second-order valence-electron chi connectivity index (χ2n) is 5.59. The minimum absolute atomic E-state index is 0.319. The average Bonchev–Trinajstić information content (AvgIpc) is 3.12. The van der Waals surface area contributed by atoms with Crippen LogP contribution in [0.15, 0.2) is 0 Å². The van der Waals surface area contributed by atoms with Gasteiger partial charge in [-0.2, -0.15) is 5.10 Å². The molecule has 2 aromatic heterocycles. The van der Waals surface area contributed by atoms with Crippen LogP contribution in [0.4, 0.5) is 0 Å². The van der Waals surface area contributed by atoms with E-state index in [1.54, 1.807) is 0 Å². The zero-order valence-electron chi connectivity index (χ0n) is 11.1. The SMILES string of the molecule is Cc1nn(C)c2c1nc(CCl)n2C1CC2CCC1O2. The van der Waals surface area contributed by atoms with Gasteiger partial charge in [-0.15, -0.1) is 11.6 Å². The maximum Gasteiger partial charge on any atom is 0.159 e. The lowest BCUT2D eigenvalue weighted by molar-refractivity contribution is 0.0939. The summed E-state index contributed by atoms with van der Waals surface area (Å²) < 4.78 is 10.2. The molecule has 3 atom stereocenters. The maximum absolute atomic E-state index is 6.09. The highest BCUT2D eigenvalue weighted by Crippen LogP contribution is 2.43. The molecular weight excluding hydrogens is 264 g/mol. The quantitative estimate of drug-likeness (QED) is 0.793. The number of aromatic nitrogens is 4. The average molecular weight is 281 g/mol. The number of rotatable bonds is 2. The number of hydrogen-bond acceptors (Lipinski definition) is 3. The van der Waals surface area contributed by atoms with E-state index in [0.717, 1.165) is 35.5 Å². The summed E-state index contributed by atoms with van der Waals surface area (Å²) in [6.07, 6.45) is 4.15. The topological polar surface area (TPSA) is 44.9 Å². The lowest BCUT2D eigenvalue weighted by atomic mass is 9.95. The van der Waals surface area contributed by atoms with Crippen molar-refractivity contribution in [2.24, 2.45) is 7.05 Å². The van der Waals surface area contributed by atoms with Gasteiger partial charge in [0.1, 0.15) is 11.3 Å². The van der Waals surface area contributed by atoms with Gasteiger partial charge in [0, 0.05) is 7.05 Å². The highest BCUT2D eigenvalue weighted by Gasteiger charge is 2.43. The Bertz CT molecular complexity index is 647. The third-order valence-electron chi connectivity index (χ3n) is 4.43. The first-order valence-corrected chi connectivity index (χ1v) is 7.34. The van der Waals surface area contributed by atoms with E-state index >= 15 is 0 Å².